The van der Waals surface area contributed by atoms with Gasteiger partial charge in [0.1, 0.15) is 4.60 Å². The van der Waals surface area contributed by atoms with E-state index >= 15 is 0 Å². The lowest BCUT2D eigenvalue weighted by Gasteiger charge is -1.95. The van der Waals surface area contributed by atoms with Gasteiger partial charge in [-0.05, 0) is 52.3 Å². The summed E-state index contributed by atoms with van der Waals surface area (Å²) in [5, 5.41) is 0. The molecular formula is C13H9BrN2O. The van der Waals surface area contributed by atoms with Gasteiger partial charge < -0.3 is 0 Å². The summed E-state index contributed by atoms with van der Waals surface area (Å²) in [6.07, 6.45) is 6.35. The second-order valence-electron chi connectivity index (χ2n) is 3.32. The first-order valence-corrected chi connectivity index (χ1v) is 5.80. The summed E-state index contributed by atoms with van der Waals surface area (Å²) < 4.78 is 0.744. The van der Waals surface area contributed by atoms with E-state index in [2.05, 4.69) is 25.9 Å². The molecule has 2 aromatic heterocycles. The van der Waals surface area contributed by atoms with Gasteiger partial charge in [-0.3, -0.25) is 9.78 Å². The maximum absolute atomic E-state index is 11.7. The second kappa shape index (κ2) is 5.50. The summed E-state index contributed by atoms with van der Waals surface area (Å²) in [5.74, 6) is -0.0834. The lowest BCUT2D eigenvalue weighted by molar-refractivity contribution is 0.104. The maximum atomic E-state index is 11.7. The Bertz CT molecular complexity index is 552. The van der Waals surface area contributed by atoms with E-state index in [1.807, 2.05) is 18.2 Å². The third-order valence-corrected chi connectivity index (χ3v) is 2.53. The van der Waals surface area contributed by atoms with Crippen LogP contribution in [0.25, 0.3) is 6.08 Å². The fourth-order valence-corrected chi connectivity index (χ4v) is 1.64. The van der Waals surface area contributed by atoms with Crippen molar-refractivity contribution in [1.29, 1.82) is 0 Å². The number of carbonyl (C=O) groups is 1. The van der Waals surface area contributed by atoms with Gasteiger partial charge in [0.15, 0.2) is 5.78 Å². The number of carbonyl (C=O) groups excluding carboxylic acids is 1. The summed E-state index contributed by atoms with van der Waals surface area (Å²) in [7, 11) is 0. The van der Waals surface area contributed by atoms with Crippen LogP contribution in [0.2, 0.25) is 0 Å². The molecule has 0 saturated heterocycles. The molecule has 0 spiro atoms. The average Bonchev–Trinajstić information content (AvgIpc) is 2.37. The predicted octanol–water partition coefficient (Wildman–Crippen LogP) is 3.14. The average molecular weight is 289 g/mol. The van der Waals surface area contributed by atoms with Crippen molar-refractivity contribution in [3.05, 3.63) is 64.7 Å². The lowest BCUT2D eigenvalue weighted by atomic mass is 10.2. The van der Waals surface area contributed by atoms with Crippen molar-refractivity contribution < 1.29 is 4.79 Å². The van der Waals surface area contributed by atoms with Gasteiger partial charge in [-0.1, -0.05) is 6.07 Å². The van der Waals surface area contributed by atoms with Gasteiger partial charge in [0.05, 0.1) is 5.69 Å². The highest BCUT2D eigenvalue weighted by Crippen LogP contribution is 2.08. The number of rotatable bonds is 3. The van der Waals surface area contributed by atoms with Crippen LogP contribution in [0, 0.1) is 0 Å². The molecule has 0 radical (unpaired) electrons. The monoisotopic (exact) mass is 288 g/mol. The minimum Gasteiger partial charge on any atom is -0.289 e. The smallest absolute Gasteiger partial charge is 0.187 e. The van der Waals surface area contributed by atoms with Crippen molar-refractivity contribution in [3.63, 3.8) is 0 Å². The largest absolute Gasteiger partial charge is 0.289 e. The molecule has 0 fully saturated rings. The number of pyridine rings is 2. The van der Waals surface area contributed by atoms with Crippen LogP contribution in [0.1, 0.15) is 16.1 Å². The Morgan fingerprint density at radius 2 is 2.12 bits per heavy atom. The van der Waals surface area contributed by atoms with Crippen LogP contribution in [0.15, 0.2) is 53.4 Å². The highest BCUT2D eigenvalue weighted by molar-refractivity contribution is 9.10. The van der Waals surface area contributed by atoms with Crippen LogP contribution < -0.4 is 0 Å². The number of nitrogens with zero attached hydrogens (tertiary/aromatic N) is 2. The van der Waals surface area contributed by atoms with Gasteiger partial charge in [-0.2, -0.15) is 0 Å². The molecule has 84 valence electrons. The maximum Gasteiger partial charge on any atom is 0.187 e. The molecule has 2 aromatic rings. The summed E-state index contributed by atoms with van der Waals surface area (Å²) in [5.41, 5.74) is 1.30. The Labute approximate surface area is 107 Å². The zero-order chi connectivity index (χ0) is 12.1. The molecule has 2 rings (SSSR count). The van der Waals surface area contributed by atoms with E-state index in [1.54, 1.807) is 30.6 Å². The fourth-order valence-electron chi connectivity index (χ4n) is 1.28. The lowest BCUT2D eigenvalue weighted by Crippen LogP contribution is -1.94. The van der Waals surface area contributed by atoms with Gasteiger partial charge in [0.2, 0.25) is 0 Å². The van der Waals surface area contributed by atoms with Crippen LogP contribution in [0.3, 0.4) is 0 Å². The molecule has 3 nitrogen and oxygen atoms in total. The van der Waals surface area contributed by atoms with Crippen molar-refractivity contribution in [3.8, 4) is 0 Å². The summed E-state index contributed by atoms with van der Waals surface area (Å²) in [6.45, 7) is 0. The molecule has 2 heterocycles. The van der Waals surface area contributed by atoms with E-state index in [0.717, 1.165) is 10.3 Å². The molecule has 4 heteroatoms. The topological polar surface area (TPSA) is 42.9 Å². The molecule has 0 N–H and O–H groups in total. The quantitative estimate of drug-likeness (QED) is 0.495. The Balaban J connectivity index is 2.14. The Kier molecular flexibility index (Phi) is 3.77. The van der Waals surface area contributed by atoms with Crippen molar-refractivity contribution in [2.75, 3.05) is 0 Å². The first-order valence-electron chi connectivity index (χ1n) is 5.01. The van der Waals surface area contributed by atoms with E-state index in [-0.39, 0.29) is 5.78 Å². The van der Waals surface area contributed by atoms with E-state index in [1.165, 1.54) is 6.08 Å². The van der Waals surface area contributed by atoms with E-state index < -0.39 is 0 Å². The molecule has 0 unspecified atom stereocenters. The van der Waals surface area contributed by atoms with Gasteiger partial charge in [-0.25, -0.2) is 4.98 Å². The molecule has 0 aliphatic carbocycles. The van der Waals surface area contributed by atoms with Gasteiger partial charge >= 0.3 is 0 Å². The normalized spacial score (nSPS) is 10.6. The van der Waals surface area contributed by atoms with Crippen LogP contribution in [-0.2, 0) is 0 Å². The minimum absolute atomic E-state index is 0.0834. The molecule has 0 aliphatic heterocycles. The molecule has 0 aliphatic rings. The van der Waals surface area contributed by atoms with E-state index in [0.29, 0.717) is 5.56 Å². The first-order chi connectivity index (χ1) is 8.25. The first kappa shape index (κ1) is 11.7. The molecule has 0 amide bonds. The van der Waals surface area contributed by atoms with Crippen molar-refractivity contribution in [2.45, 2.75) is 0 Å². The van der Waals surface area contributed by atoms with Crippen LogP contribution >= 0.6 is 15.9 Å². The van der Waals surface area contributed by atoms with Crippen molar-refractivity contribution in [2.24, 2.45) is 0 Å². The van der Waals surface area contributed by atoms with Crippen LogP contribution in [-0.4, -0.2) is 15.8 Å². The highest BCUT2D eigenvalue weighted by Gasteiger charge is 2.00. The molecule has 17 heavy (non-hydrogen) atoms. The number of halogens is 1. The molecular weight excluding hydrogens is 280 g/mol. The SMILES string of the molecule is O=C(/C=C/c1cccc(Br)n1)c1cccnc1. The Morgan fingerprint density at radius 3 is 2.82 bits per heavy atom. The van der Waals surface area contributed by atoms with Crippen LogP contribution in [0.5, 0.6) is 0 Å². The zero-order valence-electron chi connectivity index (χ0n) is 8.88. The van der Waals surface area contributed by atoms with Gasteiger partial charge in [-0.15, -0.1) is 0 Å². The minimum atomic E-state index is -0.0834. The van der Waals surface area contributed by atoms with E-state index in [9.17, 15) is 4.79 Å². The van der Waals surface area contributed by atoms with E-state index in [4.69, 9.17) is 0 Å². The van der Waals surface area contributed by atoms with Crippen LogP contribution in [0.4, 0.5) is 0 Å². The third-order valence-electron chi connectivity index (χ3n) is 2.09. The zero-order valence-corrected chi connectivity index (χ0v) is 10.5. The molecule has 0 saturated carbocycles. The summed E-state index contributed by atoms with van der Waals surface area (Å²) >= 11 is 3.27. The predicted molar refractivity (Wildman–Crippen MR) is 69.5 cm³/mol. The number of hydrogen-bond donors (Lipinski definition) is 0. The highest BCUT2D eigenvalue weighted by atomic mass is 79.9. The number of hydrogen-bond acceptors (Lipinski definition) is 3. The standard InChI is InChI=1S/C13H9BrN2O/c14-13-5-1-4-11(16-13)6-7-12(17)10-3-2-8-15-9-10/h1-9H/b7-6+. The Morgan fingerprint density at radius 1 is 1.24 bits per heavy atom. The molecule has 0 bridgehead atoms. The summed E-state index contributed by atoms with van der Waals surface area (Å²) in [6, 6.07) is 9.00. The number of aromatic nitrogens is 2. The van der Waals surface area contributed by atoms with Crippen molar-refractivity contribution in [1.82, 2.24) is 9.97 Å². The van der Waals surface area contributed by atoms with Crippen molar-refractivity contribution >= 4 is 27.8 Å². The van der Waals surface area contributed by atoms with Gasteiger partial charge in [0, 0.05) is 18.0 Å². The number of allylic oxidation sites excluding steroid dienone is 1. The van der Waals surface area contributed by atoms with Gasteiger partial charge in [0.25, 0.3) is 0 Å². The second-order valence-corrected chi connectivity index (χ2v) is 4.14. The molecule has 0 aromatic carbocycles. The number of ketones is 1. The third kappa shape index (κ3) is 3.32. The fraction of sp³-hybridized carbons (Fsp3) is 0. The summed E-state index contributed by atoms with van der Waals surface area (Å²) in [4.78, 5) is 19.8. The molecule has 0 atom stereocenters. The Hall–Kier alpha value is -1.81.